The average molecular weight is 379 g/mol. The van der Waals surface area contributed by atoms with E-state index < -0.39 is 0 Å². The standard InChI is InChI=1S/C23H17N5O/c1-2-9-20-19(8-1)27-16-28(20)23-21(10-5-13-26-23)29-22(17-6-3-11-24-14-17)18-7-4-12-25-15-18/h1-16,22H. The van der Waals surface area contributed by atoms with Crippen molar-refractivity contribution < 1.29 is 4.74 Å². The number of ether oxygens (including phenoxy) is 1. The molecule has 0 saturated carbocycles. The monoisotopic (exact) mass is 379 g/mol. The van der Waals surface area contributed by atoms with Crippen LogP contribution in [0, 0.1) is 0 Å². The maximum atomic E-state index is 6.50. The fourth-order valence-corrected chi connectivity index (χ4v) is 3.30. The van der Waals surface area contributed by atoms with E-state index in [1.165, 1.54) is 0 Å². The van der Waals surface area contributed by atoms with Crippen molar-refractivity contribution in [3.05, 3.63) is 109 Å². The molecule has 0 bridgehead atoms. The molecule has 0 aliphatic carbocycles. The molecule has 0 atom stereocenters. The zero-order chi connectivity index (χ0) is 19.5. The highest BCUT2D eigenvalue weighted by molar-refractivity contribution is 5.77. The number of hydrogen-bond acceptors (Lipinski definition) is 5. The first kappa shape index (κ1) is 17.1. The normalized spacial score (nSPS) is 11.1. The zero-order valence-corrected chi connectivity index (χ0v) is 15.5. The highest BCUT2D eigenvalue weighted by Crippen LogP contribution is 2.31. The van der Waals surface area contributed by atoms with Crippen LogP contribution in [0.25, 0.3) is 16.9 Å². The maximum Gasteiger partial charge on any atom is 0.181 e. The lowest BCUT2D eigenvalue weighted by Crippen LogP contribution is -2.12. The minimum atomic E-state index is -0.366. The molecule has 0 spiro atoms. The first-order chi connectivity index (χ1) is 14.4. The summed E-state index contributed by atoms with van der Waals surface area (Å²) in [6, 6.07) is 19.5. The third kappa shape index (κ3) is 3.32. The molecule has 4 aromatic heterocycles. The van der Waals surface area contributed by atoms with E-state index in [0.29, 0.717) is 11.6 Å². The van der Waals surface area contributed by atoms with Gasteiger partial charge in [0, 0.05) is 42.1 Å². The molecule has 0 unspecified atom stereocenters. The van der Waals surface area contributed by atoms with Gasteiger partial charge < -0.3 is 4.74 Å². The molecule has 0 aliphatic heterocycles. The van der Waals surface area contributed by atoms with Gasteiger partial charge in [-0.15, -0.1) is 0 Å². The summed E-state index contributed by atoms with van der Waals surface area (Å²) in [6.45, 7) is 0. The van der Waals surface area contributed by atoms with Crippen molar-refractivity contribution >= 4 is 11.0 Å². The Labute approximate surface area is 167 Å². The number of aromatic nitrogens is 5. The fraction of sp³-hybridized carbons (Fsp3) is 0.0435. The van der Waals surface area contributed by atoms with Gasteiger partial charge in [-0.05, 0) is 36.4 Å². The van der Waals surface area contributed by atoms with Crippen molar-refractivity contribution in [2.24, 2.45) is 0 Å². The number of pyridine rings is 3. The summed E-state index contributed by atoms with van der Waals surface area (Å²) in [6.07, 6.45) is 10.3. The van der Waals surface area contributed by atoms with Crippen molar-refractivity contribution in [2.45, 2.75) is 6.10 Å². The van der Waals surface area contributed by atoms with Crippen LogP contribution in [0.3, 0.4) is 0 Å². The van der Waals surface area contributed by atoms with Crippen LogP contribution in [0.15, 0.2) is 98.0 Å². The van der Waals surface area contributed by atoms with Crippen LogP contribution >= 0.6 is 0 Å². The number of hydrogen-bond donors (Lipinski definition) is 0. The van der Waals surface area contributed by atoms with Gasteiger partial charge in [-0.1, -0.05) is 24.3 Å². The first-order valence-corrected chi connectivity index (χ1v) is 9.24. The first-order valence-electron chi connectivity index (χ1n) is 9.24. The second-order valence-electron chi connectivity index (χ2n) is 6.50. The van der Waals surface area contributed by atoms with Gasteiger partial charge >= 0.3 is 0 Å². The predicted molar refractivity (Wildman–Crippen MR) is 110 cm³/mol. The van der Waals surface area contributed by atoms with E-state index in [1.807, 2.05) is 65.2 Å². The third-order valence-electron chi connectivity index (χ3n) is 4.65. The fourth-order valence-electron chi connectivity index (χ4n) is 3.30. The van der Waals surface area contributed by atoms with E-state index >= 15 is 0 Å². The molecule has 0 fully saturated rings. The van der Waals surface area contributed by atoms with Crippen molar-refractivity contribution in [1.29, 1.82) is 0 Å². The second kappa shape index (κ2) is 7.52. The van der Waals surface area contributed by atoms with Crippen LogP contribution in [0.1, 0.15) is 17.2 Å². The molecule has 0 amide bonds. The minimum absolute atomic E-state index is 0.366. The summed E-state index contributed by atoms with van der Waals surface area (Å²) in [5.41, 5.74) is 3.74. The molecular weight excluding hydrogens is 362 g/mol. The summed E-state index contributed by atoms with van der Waals surface area (Å²) in [5, 5.41) is 0. The molecule has 4 heterocycles. The number of para-hydroxylation sites is 2. The smallest absolute Gasteiger partial charge is 0.181 e. The second-order valence-corrected chi connectivity index (χ2v) is 6.50. The number of nitrogens with zero attached hydrogens (tertiary/aromatic N) is 5. The van der Waals surface area contributed by atoms with E-state index in [9.17, 15) is 0 Å². The maximum absolute atomic E-state index is 6.50. The number of rotatable bonds is 5. The Balaban J connectivity index is 1.61. The van der Waals surface area contributed by atoms with Gasteiger partial charge in [0.15, 0.2) is 17.7 Å². The van der Waals surface area contributed by atoms with E-state index in [1.54, 1.807) is 37.3 Å². The zero-order valence-electron chi connectivity index (χ0n) is 15.5. The lowest BCUT2D eigenvalue weighted by Gasteiger charge is -2.21. The molecule has 5 rings (SSSR count). The van der Waals surface area contributed by atoms with Gasteiger partial charge in [0.2, 0.25) is 0 Å². The molecule has 140 valence electrons. The largest absolute Gasteiger partial charge is 0.477 e. The summed E-state index contributed by atoms with van der Waals surface area (Å²) in [7, 11) is 0. The van der Waals surface area contributed by atoms with E-state index in [4.69, 9.17) is 4.74 Å². The summed E-state index contributed by atoms with van der Waals surface area (Å²) < 4.78 is 8.44. The average Bonchev–Trinajstić information content (AvgIpc) is 3.23. The van der Waals surface area contributed by atoms with Crippen molar-refractivity contribution in [1.82, 2.24) is 24.5 Å². The van der Waals surface area contributed by atoms with Crippen LogP contribution < -0.4 is 4.74 Å². The Hall–Kier alpha value is -4.06. The molecule has 0 radical (unpaired) electrons. The van der Waals surface area contributed by atoms with Crippen LogP contribution in [-0.2, 0) is 0 Å². The third-order valence-corrected chi connectivity index (χ3v) is 4.65. The number of imidazole rings is 1. The van der Waals surface area contributed by atoms with Gasteiger partial charge in [0.1, 0.15) is 6.33 Å². The molecule has 0 N–H and O–H groups in total. The van der Waals surface area contributed by atoms with Gasteiger partial charge in [-0.2, -0.15) is 0 Å². The van der Waals surface area contributed by atoms with Crippen LogP contribution in [0.5, 0.6) is 5.75 Å². The van der Waals surface area contributed by atoms with Gasteiger partial charge in [-0.3, -0.25) is 14.5 Å². The van der Waals surface area contributed by atoms with Gasteiger partial charge in [0.05, 0.1) is 11.0 Å². The molecule has 0 aliphatic rings. The Morgan fingerprint density at radius 3 is 2.17 bits per heavy atom. The van der Waals surface area contributed by atoms with E-state index in [2.05, 4.69) is 19.9 Å². The van der Waals surface area contributed by atoms with Gasteiger partial charge in [0.25, 0.3) is 0 Å². The van der Waals surface area contributed by atoms with Gasteiger partial charge in [-0.25, -0.2) is 9.97 Å². The lowest BCUT2D eigenvalue weighted by atomic mass is 10.0. The Kier molecular flexibility index (Phi) is 4.42. The Morgan fingerprint density at radius 2 is 1.45 bits per heavy atom. The molecule has 1 aromatic carbocycles. The van der Waals surface area contributed by atoms with E-state index in [-0.39, 0.29) is 6.10 Å². The van der Waals surface area contributed by atoms with Crippen molar-refractivity contribution in [3.8, 4) is 11.6 Å². The van der Waals surface area contributed by atoms with Crippen LogP contribution in [-0.4, -0.2) is 24.5 Å². The molecular formula is C23H17N5O. The molecule has 6 nitrogen and oxygen atoms in total. The van der Waals surface area contributed by atoms with Crippen molar-refractivity contribution in [3.63, 3.8) is 0 Å². The minimum Gasteiger partial charge on any atom is -0.477 e. The summed E-state index contributed by atoms with van der Waals surface area (Å²) in [5.74, 6) is 1.33. The number of fused-ring (bicyclic) bond motifs is 1. The number of benzene rings is 1. The van der Waals surface area contributed by atoms with Crippen LogP contribution in [0.4, 0.5) is 0 Å². The highest BCUT2D eigenvalue weighted by Gasteiger charge is 2.20. The highest BCUT2D eigenvalue weighted by atomic mass is 16.5. The molecule has 6 heteroatoms. The van der Waals surface area contributed by atoms with E-state index in [0.717, 1.165) is 22.2 Å². The lowest BCUT2D eigenvalue weighted by molar-refractivity contribution is 0.245. The SMILES string of the molecule is c1cncc(C(Oc2cccnc2-n2cnc3ccccc32)c2cccnc2)c1. The Morgan fingerprint density at radius 1 is 0.724 bits per heavy atom. The summed E-state index contributed by atoms with van der Waals surface area (Å²) >= 11 is 0. The molecule has 0 saturated heterocycles. The Bertz CT molecular complexity index is 1200. The van der Waals surface area contributed by atoms with Crippen LogP contribution in [0.2, 0.25) is 0 Å². The summed E-state index contributed by atoms with van der Waals surface area (Å²) in [4.78, 5) is 17.6. The van der Waals surface area contributed by atoms with Crippen molar-refractivity contribution in [2.75, 3.05) is 0 Å². The topological polar surface area (TPSA) is 65.7 Å². The molecule has 5 aromatic rings. The predicted octanol–water partition coefficient (Wildman–Crippen LogP) is 4.38. The molecule has 29 heavy (non-hydrogen) atoms. The quantitative estimate of drug-likeness (QED) is 0.453.